The molecule has 3 aromatic rings. The fourth-order valence-electron chi connectivity index (χ4n) is 2.94. The maximum atomic E-state index is 13.0. The quantitative estimate of drug-likeness (QED) is 0.688. The molecule has 26 heavy (non-hydrogen) atoms. The fourth-order valence-corrected chi connectivity index (χ4v) is 4.92. The van der Waals surface area contributed by atoms with Gasteiger partial charge < -0.3 is 4.90 Å². The highest BCUT2D eigenvalue weighted by Crippen LogP contribution is 2.35. The number of para-hydroxylation sites is 2. The van der Waals surface area contributed by atoms with Gasteiger partial charge in [-0.3, -0.25) is 14.5 Å². The van der Waals surface area contributed by atoms with Gasteiger partial charge in [0.15, 0.2) is 5.13 Å². The molecular weight excluding hydrogens is 366 g/mol. The monoisotopic (exact) mass is 383 g/mol. The lowest BCUT2D eigenvalue weighted by molar-refractivity contribution is -0.121. The molecule has 1 aliphatic rings. The van der Waals surface area contributed by atoms with Gasteiger partial charge in [0, 0.05) is 11.4 Å². The molecule has 1 aromatic heterocycles. The SMILES string of the molecule is CCN(C(=O)CN1C(=O)CSc2ccccc21)c1nc2ccccc2s1. The fraction of sp³-hybridized carbons (Fsp3) is 0.211. The molecule has 0 fully saturated rings. The Morgan fingerprint density at radius 2 is 1.96 bits per heavy atom. The van der Waals surface area contributed by atoms with Crippen LogP contribution in [0.25, 0.3) is 10.2 Å². The number of carbonyl (C=O) groups excluding carboxylic acids is 2. The van der Waals surface area contributed by atoms with E-state index in [1.807, 2.05) is 55.5 Å². The number of hydrogen-bond acceptors (Lipinski definition) is 5. The summed E-state index contributed by atoms with van der Waals surface area (Å²) in [7, 11) is 0. The van der Waals surface area contributed by atoms with Crippen molar-refractivity contribution in [1.82, 2.24) is 4.98 Å². The standard InChI is InChI=1S/C19H17N3O2S2/c1-2-21(19-20-13-7-3-5-9-15(13)26-19)17(23)11-22-14-8-4-6-10-16(14)25-12-18(22)24/h3-10H,2,11-12H2,1H3. The first-order valence-electron chi connectivity index (χ1n) is 8.35. The van der Waals surface area contributed by atoms with Crippen LogP contribution in [-0.4, -0.2) is 35.6 Å². The van der Waals surface area contributed by atoms with Gasteiger partial charge >= 0.3 is 0 Å². The second kappa shape index (κ2) is 7.09. The number of hydrogen-bond donors (Lipinski definition) is 0. The lowest BCUT2D eigenvalue weighted by Gasteiger charge is -2.30. The Kier molecular flexibility index (Phi) is 4.65. The van der Waals surface area contributed by atoms with E-state index < -0.39 is 0 Å². The topological polar surface area (TPSA) is 53.5 Å². The first kappa shape index (κ1) is 17.1. The predicted octanol–water partition coefficient (Wildman–Crippen LogP) is 3.79. The van der Waals surface area contributed by atoms with E-state index in [1.54, 1.807) is 9.80 Å². The van der Waals surface area contributed by atoms with Gasteiger partial charge in [-0.15, -0.1) is 11.8 Å². The molecule has 0 saturated heterocycles. The van der Waals surface area contributed by atoms with E-state index in [-0.39, 0.29) is 18.4 Å². The van der Waals surface area contributed by atoms with Crippen molar-refractivity contribution in [2.24, 2.45) is 0 Å². The van der Waals surface area contributed by atoms with Crippen LogP contribution < -0.4 is 9.80 Å². The number of anilines is 2. The minimum absolute atomic E-state index is 0.0279. The van der Waals surface area contributed by atoms with E-state index in [0.29, 0.717) is 17.4 Å². The number of benzene rings is 2. The first-order valence-corrected chi connectivity index (χ1v) is 10.2. The lowest BCUT2D eigenvalue weighted by Crippen LogP contribution is -2.45. The zero-order valence-electron chi connectivity index (χ0n) is 14.2. The highest BCUT2D eigenvalue weighted by Gasteiger charge is 2.28. The van der Waals surface area contributed by atoms with Crippen molar-refractivity contribution in [3.8, 4) is 0 Å². The van der Waals surface area contributed by atoms with Gasteiger partial charge in [-0.2, -0.15) is 0 Å². The number of likely N-dealkylation sites (N-methyl/N-ethyl adjacent to an activating group) is 1. The van der Waals surface area contributed by atoms with Crippen LogP contribution in [0.15, 0.2) is 53.4 Å². The summed E-state index contributed by atoms with van der Waals surface area (Å²) in [5.41, 5.74) is 1.69. The minimum Gasteiger partial charge on any atom is -0.301 e. The van der Waals surface area contributed by atoms with Gasteiger partial charge in [0.05, 0.1) is 21.7 Å². The number of nitrogens with zero attached hydrogens (tertiary/aromatic N) is 3. The van der Waals surface area contributed by atoms with Gasteiger partial charge in [0.1, 0.15) is 6.54 Å². The summed E-state index contributed by atoms with van der Waals surface area (Å²) in [5, 5.41) is 0.672. The van der Waals surface area contributed by atoms with E-state index in [4.69, 9.17) is 0 Å². The largest absolute Gasteiger partial charge is 0.301 e. The van der Waals surface area contributed by atoms with Crippen LogP contribution in [0, 0.1) is 0 Å². The molecule has 0 unspecified atom stereocenters. The van der Waals surface area contributed by atoms with Crippen molar-refractivity contribution in [1.29, 1.82) is 0 Å². The van der Waals surface area contributed by atoms with Crippen molar-refractivity contribution in [3.63, 3.8) is 0 Å². The summed E-state index contributed by atoms with van der Waals surface area (Å²) in [6.45, 7) is 2.46. The molecule has 0 N–H and O–H groups in total. The lowest BCUT2D eigenvalue weighted by atomic mass is 10.2. The summed E-state index contributed by atoms with van der Waals surface area (Å²) in [5.74, 6) is 0.196. The molecule has 0 spiro atoms. The van der Waals surface area contributed by atoms with E-state index in [0.717, 1.165) is 20.8 Å². The van der Waals surface area contributed by atoms with Crippen molar-refractivity contribution < 1.29 is 9.59 Å². The number of amides is 2. The van der Waals surface area contributed by atoms with Crippen LogP contribution in [0.2, 0.25) is 0 Å². The van der Waals surface area contributed by atoms with E-state index >= 15 is 0 Å². The third-order valence-electron chi connectivity index (χ3n) is 4.23. The number of aromatic nitrogens is 1. The average Bonchev–Trinajstić information content (AvgIpc) is 3.08. The Hall–Kier alpha value is -2.38. The molecule has 0 saturated carbocycles. The molecule has 7 heteroatoms. The molecule has 0 radical (unpaired) electrons. The van der Waals surface area contributed by atoms with Gasteiger partial charge in [0.25, 0.3) is 0 Å². The minimum atomic E-state index is -0.124. The molecule has 4 rings (SSSR count). The van der Waals surface area contributed by atoms with E-state index in [2.05, 4.69) is 4.98 Å². The molecule has 5 nitrogen and oxygen atoms in total. The van der Waals surface area contributed by atoms with Crippen molar-refractivity contribution in [3.05, 3.63) is 48.5 Å². The molecule has 132 valence electrons. The van der Waals surface area contributed by atoms with Crippen molar-refractivity contribution in [2.45, 2.75) is 11.8 Å². The zero-order valence-corrected chi connectivity index (χ0v) is 15.8. The summed E-state index contributed by atoms with van der Waals surface area (Å²) in [4.78, 5) is 34.2. The number of thiazole rings is 1. The predicted molar refractivity (Wildman–Crippen MR) is 107 cm³/mol. The summed E-state index contributed by atoms with van der Waals surface area (Å²) in [6, 6.07) is 15.5. The van der Waals surface area contributed by atoms with Crippen LogP contribution in [0.1, 0.15) is 6.92 Å². The zero-order chi connectivity index (χ0) is 18.1. The van der Waals surface area contributed by atoms with Crippen LogP contribution in [-0.2, 0) is 9.59 Å². The molecule has 2 aromatic carbocycles. The Morgan fingerprint density at radius 3 is 2.77 bits per heavy atom. The third kappa shape index (κ3) is 3.08. The number of carbonyl (C=O) groups is 2. The van der Waals surface area contributed by atoms with Crippen LogP contribution in [0.5, 0.6) is 0 Å². The second-order valence-corrected chi connectivity index (χ2v) is 7.86. The smallest absolute Gasteiger partial charge is 0.248 e. The molecule has 0 atom stereocenters. The Labute approximate surface area is 159 Å². The van der Waals surface area contributed by atoms with E-state index in [9.17, 15) is 9.59 Å². The molecule has 2 heterocycles. The highest BCUT2D eigenvalue weighted by atomic mass is 32.2. The summed E-state index contributed by atoms with van der Waals surface area (Å²) >= 11 is 3.01. The summed E-state index contributed by atoms with van der Waals surface area (Å²) in [6.07, 6.45) is 0. The first-order chi connectivity index (χ1) is 12.7. The van der Waals surface area contributed by atoms with Gasteiger partial charge in [-0.05, 0) is 31.2 Å². The Balaban J connectivity index is 1.61. The van der Waals surface area contributed by atoms with Gasteiger partial charge in [0.2, 0.25) is 11.8 Å². The molecular formula is C19H17N3O2S2. The molecule has 1 aliphatic heterocycles. The maximum absolute atomic E-state index is 13.0. The summed E-state index contributed by atoms with van der Waals surface area (Å²) < 4.78 is 1.05. The Morgan fingerprint density at radius 1 is 1.19 bits per heavy atom. The second-order valence-electron chi connectivity index (χ2n) is 5.84. The van der Waals surface area contributed by atoms with Gasteiger partial charge in [-0.1, -0.05) is 35.6 Å². The number of rotatable bonds is 4. The van der Waals surface area contributed by atoms with E-state index in [1.165, 1.54) is 23.1 Å². The number of fused-ring (bicyclic) bond motifs is 2. The molecule has 2 amide bonds. The van der Waals surface area contributed by atoms with Gasteiger partial charge in [-0.25, -0.2) is 4.98 Å². The van der Waals surface area contributed by atoms with Crippen LogP contribution in [0.3, 0.4) is 0 Å². The van der Waals surface area contributed by atoms with Crippen LogP contribution >= 0.6 is 23.1 Å². The average molecular weight is 383 g/mol. The maximum Gasteiger partial charge on any atom is 0.248 e. The van der Waals surface area contributed by atoms with Crippen LogP contribution in [0.4, 0.5) is 10.8 Å². The number of thioether (sulfide) groups is 1. The highest BCUT2D eigenvalue weighted by molar-refractivity contribution is 8.00. The molecule has 0 aliphatic carbocycles. The molecule has 0 bridgehead atoms. The third-order valence-corrected chi connectivity index (χ3v) is 6.34. The Bertz CT molecular complexity index is 953. The van der Waals surface area contributed by atoms with Crippen molar-refractivity contribution in [2.75, 3.05) is 28.6 Å². The van der Waals surface area contributed by atoms with Crippen molar-refractivity contribution >= 4 is 55.9 Å². The normalized spacial score (nSPS) is 13.7.